The van der Waals surface area contributed by atoms with Gasteiger partial charge in [-0.1, -0.05) is 15.9 Å². The molecule has 1 aromatic carbocycles. The standard InChI is InChI=1S/C11H9BrN2OS/c1-7-4-11(16-14-7)13-6-8-5-9(12)2-3-10(8)15/h2-6,15H,1H3/b13-6+. The first kappa shape index (κ1) is 11.3. The Morgan fingerprint density at radius 3 is 2.94 bits per heavy atom. The summed E-state index contributed by atoms with van der Waals surface area (Å²) in [5.74, 6) is 0.216. The van der Waals surface area contributed by atoms with Crippen molar-refractivity contribution in [2.45, 2.75) is 6.92 Å². The van der Waals surface area contributed by atoms with Crippen LogP contribution < -0.4 is 0 Å². The maximum atomic E-state index is 9.59. The number of halogens is 1. The molecule has 16 heavy (non-hydrogen) atoms. The van der Waals surface area contributed by atoms with Gasteiger partial charge in [0, 0.05) is 16.3 Å². The third-order valence-electron chi connectivity index (χ3n) is 1.94. The lowest BCUT2D eigenvalue weighted by atomic mass is 10.2. The van der Waals surface area contributed by atoms with Crippen LogP contribution >= 0.6 is 27.5 Å². The van der Waals surface area contributed by atoms with Crippen molar-refractivity contribution in [3.63, 3.8) is 0 Å². The molecule has 0 fully saturated rings. The molecule has 1 heterocycles. The van der Waals surface area contributed by atoms with E-state index in [0.717, 1.165) is 15.2 Å². The SMILES string of the molecule is Cc1cc(/N=C/c2cc(Br)ccc2O)sn1. The van der Waals surface area contributed by atoms with Crippen molar-refractivity contribution in [1.82, 2.24) is 4.37 Å². The highest BCUT2D eigenvalue weighted by Crippen LogP contribution is 2.23. The van der Waals surface area contributed by atoms with E-state index in [2.05, 4.69) is 25.3 Å². The first-order valence-electron chi connectivity index (χ1n) is 4.61. The largest absolute Gasteiger partial charge is 0.507 e. The van der Waals surface area contributed by atoms with E-state index in [-0.39, 0.29) is 5.75 Å². The van der Waals surface area contributed by atoms with Crippen LogP contribution in [0.25, 0.3) is 0 Å². The first-order chi connectivity index (χ1) is 7.65. The summed E-state index contributed by atoms with van der Waals surface area (Å²) in [6.07, 6.45) is 1.63. The first-order valence-corrected chi connectivity index (χ1v) is 6.18. The molecule has 0 spiro atoms. The van der Waals surface area contributed by atoms with Crippen molar-refractivity contribution in [3.8, 4) is 5.75 Å². The molecular formula is C11H9BrN2OS. The second kappa shape index (κ2) is 4.76. The van der Waals surface area contributed by atoms with E-state index < -0.39 is 0 Å². The van der Waals surface area contributed by atoms with E-state index in [1.165, 1.54) is 11.5 Å². The summed E-state index contributed by atoms with van der Waals surface area (Å²) >= 11 is 4.68. The van der Waals surface area contributed by atoms with Gasteiger partial charge >= 0.3 is 0 Å². The van der Waals surface area contributed by atoms with Crippen LogP contribution in [-0.2, 0) is 0 Å². The van der Waals surface area contributed by atoms with Gasteiger partial charge < -0.3 is 5.11 Å². The molecule has 0 amide bonds. The van der Waals surface area contributed by atoms with Gasteiger partial charge in [0.25, 0.3) is 0 Å². The Kier molecular flexibility index (Phi) is 3.36. The predicted molar refractivity (Wildman–Crippen MR) is 69.9 cm³/mol. The number of rotatable bonds is 2. The summed E-state index contributed by atoms with van der Waals surface area (Å²) in [5, 5.41) is 10.4. The molecule has 0 aliphatic carbocycles. The number of aryl methyl sites for hydroxylation is 1. The molecule has 0 aliphatic rings. The number of hydrogen-bond acceptors (Lipinski definition) is 4. The Morgan fingerprint density at radius 2 is 2.25 bits per heavy atom. The molecule has 0 unspecified atom stereocenters. The smallest absolute Gasteiger partial charge is 0.136 e. The minimum Gasteiger partial charge on any atom is -0.507 e. The van der Waals surface area contributed by atoms with E-state index in [1.807, 2.05) is 19.1 Å². The molecular weight excluding hydrogens is 288 g/mol. The van der Waals surface area contributed by atoms with Crippen LogP contribution in [0.4, 0.5) is 5.00 Å². The van der Waals surface area contributed by atoms with Gasteiger partial charge in [-0.15, -0.1) is 0 Å². The quantitative estimate of drug-likeness (QED) is 0.860. The van der Waals surface area contributed by atoms with Crippen LogP contribution in [0.5, 0.6) is 5.75 Å². The summed E-state index contributed by atoms with van der Waals surface area (Å²) in [7, 11) is 0. The van der Waals surface area contributed by atoms with Gasteiger partial charge in [0.15, 0.2) is 0 Å². The molecule has 0 aliphatic heterocycles. The molecule has 0 bridgehead atoms. The van der Waals surface area contributed by atoms with E-state index in [0.29, 0.717) is 5.56 Å². The minimum atomic E-state index is 0.216. The predicted octanol–water partition coefficient (Wildman–Crippen LogP) is 3.67. The van der Waals surface area contributed by atoms with Crippen LogP contribution in [0.3, 0.4) is 0 Å². The third-order valence-corrected chi connectivity index (χ3v) is 3.22. The highest BCUT2D eigenvalue weighted by atomic mass is 79.9. The number of aromatic hydroxyl groups is 1. The molecule has 0 radical (unpaired) electrons. The van der Waals surface area contributed by atoms with Crippen molar-refractivity contribution in [3.05, 3.63) is 40.0 Å². The van der Waals surface area contributed by atoms with Crippen molar-refractivity contribution in [2.75, 3.05) is 0 Å². The number of hydrogen-bond donors (Lipinski definition) is 1. The molecule has 2 rings (SSSR count). The zero-order chi connectivity index (χ0) is 11.5. The summed E-state index contributed by atoms with van der Waals surface area (Å²) in [5.41, 5.74) is 1.64. The summed E-state index contributed by atoms with van der Waals surface area (Å²) < 4.78 is 5.03. The lowest BCUT2D eigenvalue weighted by Crippen LogP contribution is -1.81. The number of phenolic OH excluding ortho intramolecular Hbond substituents is 1. The van der Waals surface area contributed by atoms with Crippen LogP contribution in [0.1, 0.15) is 11.3 Å². The fourth-order valence-electron chi connectivity index (χ4n) is 1.17. The Bertz CT molecular complexity index is 537. The van der Waals surface area contributed by atoms with Gasteiger partial charge in [-0.25, -0.2) is 4.99 Å². The zero-order valence-electron chi connectivity index (χ0n) is 8.51. The van der Waals surface area contributed by atoms with Crippen LogP contribution in [-0.4, -0.2) is 15.7 Å². The highest BCUT2D eigenvalue weighted by Gasteiger charge is 1.99. The highest BCUT2D eigenvalue weighted by molar-refractivity contribution is 9.10. The summed E-state index contributed by atoms with van der Waals surface area (Å²) in [6, 6.07) is 7.12. The summed E-state index contributed by atoms with van der Waals surface area (Å²) in [4.78, 5) is 4.25. The molecule has 0 atom stereocenters. The van der Waals surface area contributed by atoms with Crippen LogP contribution in [0.2, 0.25) is 0 Å². The normalized spacial score (nSPS) is 11.1. The summed E-state index contributed by atoms with van der Waals surface area (Å²) in [6.45, 7) is 1.92. The van der Waals surface area contributed by atoms with E-state index in [4.69, 9.17) is 0 Å². The lowest BCUT2D eigenvalue weighted by molar-refractivity contribution is 0.474. The fraction of sp³-hybridized carbons (Fsp3) is 0.0909. The molecule has 82 valence electrons. The number of aromatic nitrogens is 1. The lowest BCUT2D eigenvalue weighted by Gasteiger charge is -1.98. The fourth-order valence-corrected chi connectivity index (χ4v) is 2.17. The Balaban J connectivity index is 2.26. The van der Waals surface area contributed by atoms with E-state index in [9.17, 15) is 5.11 Å². The maximum absolute atomic E-state index is 9.59. The van der Waals surface area contributed by atoms with E-state index in [1.54, 1.807) is 18.3 Å². The molecule has 0 saturated heterocycles. The van der Waals surface area contributed by atoms with Gasteiger partial charge in [-0.3, -0.25) is 0 Å². The van der Waals surface area contributed by atoms with Crippen LogP contribution in [0, 0.1) is 6.92 Å². The van der Waals surface area contributed by atoms with Gasteiger partial charge in [0.2, 0.25) is 0 Å². The number of nitrogens with zero attached hydrogens (tertiary/aromatic N) is 2. The monoisotopic (exact) mass is 296 g/mol. The van der Waals surface area contributed by atoms with Crippen molar-refractivity contribution < 1.29 is 5.11 Å². The Hall–Kier alpha value is -1.20. The van der Waals surface area contributed by atoms with Crippen molar-refractivity contribution >= 4 is 38.7 Å². The minimum absolute atomic E-state index is 0.216. The number of aliphatic imine (C=N–C) groups is 1. The molecule has 2 aromatic rings. The Morgan fingerprint density at radius 1 is 1.44 bits per heavy atom. The second-order valence-corrected chi connectivity index (χ2v) is 4.97. The van der Waals surface area contributed by atoms with Gasteiger partial charge in [0.05, 0.1) is 5.69 Å². The van der Waals surface area contributed by atoms with Gasteiger partial charge in [-0.05, 0) is 42.7 Å². The Labute approximate surface area is 106 Å². The van der Waals surface area contributed by atoms with Gasteiger partial charge in [0.1, 0.15) is 10.8 Å². The average Bonchev–Trinajstić information content (AvgIpc) is 2.66. The van der Waals surface area contributed by atoms with Crippen molar-refractivity contribution in [2.24, 2.45) is 4.99 Å². The molecule has 1 N–H and O–H groups in total. The second-order valence-electron chi connectivity index (χ2n) is 3.27. The molecule has 0 saturated carbocycles. The molecule has 1 aromatic heterocycles. The van der Waals surface area contributed by atoms with Crippen LogP contribution in [0.15, 0.2) is 33.7 Å². The number of phenols is 1. The third kappa shape index (κ3) is 2.68. The zero-order valence-corrected chi connectivity index (χ0v) is 10.9. The topological polar surface area (TPSA) is 45.5 Å². The van der Waals surface area contributed by atoms with E-state index >= 15 is 0 Å². The van der Waals surface area contributed by atoms with Gasteiger partial charge in [-0.2, -0.15) is 4.37 Å². The maximum Gasteiger partial charge on any atom is 0.136 e. The molecule has 3 nitrogen and oxygen atoms in total. The number of benzene rings is 1. The average molecular weight is 297 g/mol. The molecule has 5 heteroatoms. The van der Waals surface area contributed by atoms with Crippen molar-refractivity contribution in [1.29, 1.82) is 0 Å².